The molecule has 0 aromatic carbocycles. The van der Waals surface area contributed by atoms with Crippen LogP contribution in [0.3, 0.4) is 0 Å². The molecule has 2 heterocycles. The number of nitrogens with zero attached hydrogens (tertiary/aromatic N) is 3. The Morgan fingerprint density at radius 1 is 1.53 bits per heavy atom. The van der Waals surface area contributed by atoms with Crippen LogP contribution in [0.25, 0.3) is 0 Å². The molecular formula is C14H21N3O2. The van der Waals surface area contributed by atoms with Crippen molar-refractivity contribution in [1.29, 1.82) is 0 Å². The van der Waals surface area contributed by atoms with Crippen molar-refractivity contribution in [3.05, 3.63) is 27.9 Å². The predicted molar refractivity (Wildman–Crippen MR) is 72.7 cm³/mol. The van der Waals surface area contributed by atoms with Gasteiger partial charge in [-0.2, -0.15) is 0 Å². The third kappa shape index (κ3) is 2.85. The van der Waals surface area contributed by atoms with Crippen LogP contribution in [-0.2, 0) is 24.3 Å². The summed E-state index contributed by atoms with van der Waals surface area (Å²) in [6.07, 6.45) is 3.28. The molecule has 19 heavy (non-hydrogen) atoms. The van der Waals surface area contributed by atoms with Crippen LogP contribution in [0, 0.1) is 5.92 Å². The van der Waals surface area contributed by atoms with Gasteiger partial charge >= 0.3 is 0 Å². The zero-order valence-electron chi connectivity index (χ0n) is 11.8. The van der Waals surface area contributed by atoms with E-state index in [1.54, 1.807) is 22.7 Å². The van der Waals surface area contributed by atoms with Gasteiger partial charge in [-0.3, -0.25) is 14.2 Å². The first-order valence-corrected chi connectivity index (χ1v) is 6.85. The molecule has 0 spiro atoms. The van der Waals surface area contributed by atoms with E-state index in [0.29, 0.717) is 32.0 Å². The number of rotatable bonds is 3. The Morgan fingerprint density at radius 2 is 2.26 bits per heavy atom. The van der Waals surface area contributed by atoms with E-state index in [1.807, 2.05) is 0 Å². The van der Waals surface area contributed by atoms with E-state index in [9.17, 15) is 9.59 Å². The number of hydrogen-bond donors (Lipinski definition) is 0. The predicted octanol–water partition coefficient (Wildman–Crippen LogP) is 1.19. The van der Waals surface area contributed by atoms with E-state index in [1.165, 1.54) is 0 Å². The lowest BCUT2D eigenvalue weighted by Gasteiger charge is -2.27. The van der Waals surface area contributed by atoms with Gasteiger partial charge in [0.15, 0.2) is 0 Å². The highest BCUT2D eigenvalue weighted by atomic mass is 16.2. The molecule has 1 amide bonds. The fourth-order valence-electron chi connectivity index (χ4n) is 2.32. The average Bonchev–Trinajstić information content (AvgIpc) is 2.41. The molecule has 5 nitrogen and oxygen atoms in total. The van der Waals surface area contributed by atoms with E-state index in [0.717, 1.165) is 17.7 Å². The van der Waals surface area contributed by atoms with E-state index < -0.39 is 0 Å². The molecule has 0 fully saturated rings. The topological polar surface area (TPSA) is 55.2 Å². The van der Waals surface area contributed by atoms with Crippen LogP contribution in [0.1, 0.15) is 38.4 Å². The summed E-state index contributed by atoms with van der Waals surface area (Å²) in [4.78, 5) is 29.8. The zero-order chi connectivity index (χ0) is 14.0. The van der Waals surface area contributed by atoms with Gasteiger partial charge in [-0.1, -0.05) is 20.3 Å². The molecule has 1 aliphatic rings. The maximum Gasteiger partial charge on any atom is 0.256 e. The van der Waals surface area contributed by atoms with Gasteiger partial charge in [0.25, 0.3) is 5.56 Å². The van der Waals surface area contributed by atoms with Crippen LogP contribution in [0.2, 0.25) is 0 Å². The second-order valence-corrected chi connectivity index (χ2v) is 5.33. The number of amides is 1. The SMILES string of the molecule is CC[C@@H](C)Cn1cnc2c(c1=O)CCN(C(C)=O)C2. The summed E-state index contributed by atoms with van der Waals surface area (Å²) in [7, 11) is 0. The minimum Gasteiger partial charge on any atom is -0.337 e. The minimum absolute atomic E-state index is 0.0382. The molecule has 0 saturated heterocycles. The van der Waals surface area contributed by atoms with Crippen molar-refractivity contribution in [3.63, 3.8) is 0 Å². The summed E-state index contributed by atoms with van der Waals surface area (Å²) in [6.45, 7) is 7.59. The Morgan fingerprint density at radius 3 is 2.89 bits per heavy atom. The summed E-state index contributed by atoms with van der Waals surface area (Å²) in [5.74, 6) is 0.506. The molecule has 1 aromatic heterocycles. The summed E-state index contributed by atoms with van der Waals surface area (Å²) >= 11 is 0. The lowest BCUT2D eigenvalue weighted by Crippen LogP contribution is -2.39. The van der Waals surface area contributed by atoms with Crippen molar-refractivity contribution in [3.8, 4) is 0 Å². The number of aromatic nitrogens is 2. The first-order valence-electron chi connectivity index (χ1n) is 6.85. The van der Waals surface area contributed by atoms with Crippen molar-refractivity contribution in [2.45, 2.75) is 46.7 Å². The Hall–Kier alpha value is -1.65. The van der Waals surface area contributed by atoms with Crippen molar-refractivity contribution < 1.29 is 4.79 Å². The highest BCUT2D eigenvalue weighted by Crippen LogP contribution is 2.14. The maximum atomic E-state index is 12.4. The van der Waals surface area contributed by atoms with E-state index in [2.05, 4.69) is 18.8 Å². The third-order valence-electron chi connectivity index (χ3n) is 3.84. The van der Waals surface area contributed by atoms with Gasteiger partial charge in [-0.25, -0.2) is 4.98 Å². The minimum atomic E-state index is 0.0382. The second kappa shape index (κ2) is 5.55. The number of carbonyl (C=O) groups is 1. The van der Waals surface area contributed by atoms with Crippen molar-refractivity contribution in [1.82, 2.24) is 14.5 Å². The molecule has 0 aliphatic carbocycles. The molecule has 0 N–H and O–H groups in total. The summed E-state index contributed by atoms with van der Waals surface area (Å²) < 4.78 is 1.70. The first-order chi connectivity index (χ1) is 9.02. The molecule has 0 radical (unpaired) electrons. The lowest BCUT2D eigenvalue weighted by atomic mass is 10.1. The van der Waals surface area contributed by atoms with Crippen molar-refractivity contribution in [2.75, 3.05) is 6.54 Å². The monoisotopic (exact) mass is 263 g/mol. The number of fused-ring (bicyclic) bond motifs is 1. The second-order valence-electron chi connectivity index (χ2n) is 5.33. The van der Waals surface area contributed by atoms with Crippen LogP contribution in [0.4, 0.5) is 0 Å². The van der Waals surface area contributed by atoms with Crippen LogP contribution in [0.15, 0.2) is 11.1 Å². The molecule has 2 rings (SSSR count). The van der Waals surface area contributed by atoms with Gasteiger partial charge in [-0.05, 0) is 12.3 Å². The fourth-order valence-corrected chi connectivity index (χ4v) is 2.32. The van der Waals surface area contributed by atoms with Gasteiger partial charge in [0.05, 0.1) is 18.6 Å². The van der Waals surface area contributed by atoms with E-state index in [-0.39, 0.29) is 11.5 Å². The van der Waals surface area contributed by atoms with Gasteiger partial charge < -0.3 is 4.90 Å². The van der Waals surface area contributed by atoms with E-state index >= 15 is 0 Å². The Bertz CT molecular complexity index is 536. The average molecular weight is 263 g/mol. The zero-order valence-corrected chi connectivity index (χ0v) is 11.8. The van der Waals surface area contributed by atoms with Gasteiger partial charge in [0, 0.05) is 25.6 Å². The summed E-state index contributed by atoms with van der Waals surface area (Å²) in [5.41, 5.74) is 1.60. The summed E-state index contributed by atoms with van der Waals surface area (Å²) in [5, 5.41) is 0. The van der Waals surface area contributed by atoms with Crippen LogP contribution >= 0.6 is 0 Å². The molecule has 1 aliphatic heterocycles. The molecule has 0 saturated carbocycles. The molecule has 1 aromatic rings. The van der Waals surface area contributed by atoms with Crippen molar-refractivity contribution in [2.24, 2.45) is 5.92 Å². The Balaban J connectivity index is 2.27. The third-order valence-corrected chi connectivity index (χ3v) is 3.84. The molecule has 0 unspecified atom stereocenters. The molecular weight excluding hydrogens is 242 g/mol. The Kier molecular flexibility index (Phi) is 4.02. The highest BCUT2D eigenvalue weighted by Gasteiger charge is 2.22. The fraction of sp³-hybridized carbons (Fsp3) is 0.643. The quantitative estimate of drug-likeness (QED) is 0.823. The standard InChI is InChI=1S/C14H21N3O2/c1-4-10(2)7-17-9-15-13-8-16(11(3)18)6-5-12(13)14(17)19/h9-10H,4-8H2,1-3H3/t10-/m1/s1. The van der Waals surface area contributed by atoms with Gasteiger partial charge in [-0.15, -0.1) is 0 Å². The lowest BCUT2D eigenvalue weighted by molar-refractivity contribution is -0.129. The smallest absolute Gasteiger partial charge is 0.256 e. The molecule has 5 heteroatoms. The van der Waals surface area contributed by atoms with Crippen LogP contribution in [0.5, 0.6) is 0 Å². The maximum absolute atomic E-state index is 12.4. The van der Waals surface area contributed by atoms with Crippen LogP contribution in [-0.4, -0.2) is 26.9 Å². The normalized spacial score (nSPS) is 16.1. The highest BCUT2D eigenvalue weighted by molar-refractivity contribution is 5.73. The van der Waals surface area contributed by atoms with Gasteiger partial charge in [0.2, 0.25) is 5.91 Å². The van der Waals surface area contributed by atoms with Crippen molar-refractivity contribution >= 4 is 5.91 Å². The van der Waals surface area contributed by atoms with E-state index in [4.69, 9.17) is 0 Å². The molecule has 104 valence electrons. The number of carbonyl (C=O) groups excluding carboxylic acids is 1. The largest absolute Gasteiger partial charge is 0.337 e. The van der Waals surface area contributed by atoms with Crippen LogP contribution < -0.4 is 5.56 Å². The number of hydrogen-bond acceptors (Lipinski definition) is 3. The first kappa shape index (κ1) is 13.8. The molecule has 1 atom stereocenters. The summed E-state index contributed by atoms with van der Waals surface area (Å²) in [6, 6.07) is 0. The van der Waals surface area contributed by atoms with Gasteiger partial charge in [0.1, 0.15) is 0 Å². The Labute approximate surface area is 113 Å². The molecule has 0 bridgehead atoms.